The molecule has 2 heterocycles. The molecule has 0 aromatic heterocycles. The Labute approximate surface area is 176 Å². The lowest BCUT2D eigenvalue weighted by Gasteiger charge is -2.18. The van der Waals surface area contributed by atoms with Crippen LogP contribution in [-0.2, 0) is 9.53 Å². The van der Waals surface area contributed by atoms with Crippen molar-refractivity contribution in [1.82, 2.24) is 4.90 Å². The fourth-order valence-corrected chi connectivity index (χ4v) is 5.05. The van der Waals surface area contributed by atoms with Crippen LogP contribution in [0.1, 0.15) is 25.3 Å². The van der Waals surface area contributed by atoms with Crippen LogP contribution >= 0.6 is 46.6 Å². The fourth-order valence-electron chi connectivity index (χ4n) is 2.93. The molecule has 1 aromatic rings. The van der Waals surface area contributed by atoms with Crippen molar-refractivity contribution in [3.05, 3.63) is 26.2 Å². The molecule has 0 bridgehead atoms. The highest BCUT2D eigenvalue weighted by molar-refractivity contribution is 14.1. The van der Waals surface area contributed by atoms with Gasteiger partial charge in [0, 0.05) is 6.61 Å². The highest BCUT2D eigenvalue weighted by Crippen LogP contribution is 2.37. The number of hydrogen-bond donors (Lipinski definition) is 0. The van der Waals surface area contributed by atoms with Crippen molar-refractivity contribution in [1.29, 1.82) is 0 Å². The highest BCUT2D eigenvalue weighted by atomic mass is 127. The van der Waals surface area contributed by atoms with E-state index in [1.165, 1.54) is 11.8 Å². The maximum absolute atomic E-state index is 12.8. The van der Waals surface area contributed by atoms with E-state index in [4.69, 9.17) is 26.4 Å². The molecule has 3 rings (SSSR count). The minimum atomic E-state index is -0.0562. The molecule has 2 aliphatic heterocycles. The number of hydrogen-bond acceptors (Lipinski definition) is 6. The lowest BCUT2D eigenvalue weighted by atomic mass is 10.1. The first kappa shape index (κ1) is 19.9. The van der Waals surface area contributed by atoms with Crippen LogP contribution in [0, 0.1) is 3.57 Å². The summed E-state index contributed by atoms with van der Waals surface area (Å²) in [5.74, 6) is 1.32. The predicted octanol–water partition coefficient (Wildman–Crippen LogP) is 4.08. The Morgan fingerprint density at radius 2 is 2.31 bits per heavy atom. The lowest BCUT2D eigenvalue weighted by Crippen LogP contribution is -2.35. The normalized spacial score (nSPS) is 21.7. The van der Waals surface area contributed by atoms with Crippen LogP contribution in [-0.4, -0.2) is 48.1 Å². The number of nitrogens with zero attached hydrogens (tertiary/aromatic N) is 1. The topological polar surface area (TPSA) is 48.0 Å². The molecule has 5 nitrogen and oxygen atoms in total. The van der Waals surface area contributed by atoms with E-state index in [1.807, 2.05) is 25.1 Å². The first-order valence-electron chi connectivity index (χ1n) is 8.40. The van der Waals surface area contributed by atoms with Gasteiger partial charge in [0.05, 0.1) is 34.8 Å². The average Bonchev–Trinajstić information content (AvgIpc) is 3.20. The number of thiocarbonyl (C=S) groups is 1. The van der Waals surface area contributed by atoms with Crippen molar-refractivity contribution >= 4 is 62.9 Å². The molecular weight excluding hydrogens is 485 g/mol. The van der Waals surface area contributed by atoms with Gasteiger partial charge in [-0.25, -0.2) is 0 Å². The quantitative estimate of drug-likeness (QED) is 0.330. The number of methoxy groups -OCH3 is 1. The summed E-state index contributed by atoms with van der Waals surface area (Å²) < 4.78 is 18.2. The van der Waals surface area contributed by atoms with E-state index in [1.54, 1.807) is 12.0 Å². The second-order valence-electron chi connectivity index (χ2n) is 5.89. The molecular formula is C18H20INO4S2. The molecule has 26 heavy (non-hydrogen) atoms. The molecule has 0 saturated carbocycles. The van der Waals surface area contributed by atoms with Gasteiger partial charge in [0.1, 0.15) is 4.32 Å². The molecule has 1 amide bonds. The molecule has 1 aromatic carbocycles. The molecule has 2 fully saturated rings. The van der Waals surface area contributed by atoms with E-state index in [0.717, 1.165) is 28.6 Å². The van der Waals surface area contributed by atoms with Crippen molar-refractivity contribution in [2.45, 2.75) is 25.9 Å². The maximum Gasteiger partial charge on any atom is 0.266 e. The zero-order valence-electron chi connectivity index (χ0n) is 14.6. The largest absolute Gasteiger partial charge is 0.492 e. The van der Waals surface area contributed by atoms with Gasteiger partial charge in [-0.1, -0.05) is 24.0 Å². The molecule has 0 N–H and O–H groups in total. The molecule has 8 heteroatoms. The monoisotopic (exact) mass is 505 g/mol. The Morgan fingerprint density at radius 3 is 2.96 bits per heavy atom. The summed E-state index contributed by atoms with van der Waals surface area (Å²) in [5.41, 5.74) is 0.885. The molecule has 0 radical (unpaired) electrons. The van der Waals surface area contributed by atoms with Gasteiger partial charge in [0.25, 0.3) is 5.91 Å². The maximum atomic E-state index is 12.8. The molecule has 140 valence electrons. The molecule has 2 saturated heterocycles. The Bertz CT molecular complexity index is 747. The van der Waals surface area contributed by atoms with E-state index in [9.17, 15) is 4.79 Å². The number of halogens is 1. The van der Waals surface area contributed by atoms with Crippen LogP contribution in [0.4, 0.5) is 0 Å². The first-order chi connectivity index (χ1) is 12.5. The zero-order chi connectivity index (χ0) is 18.7. The van der Waals surface area contributed by atoms with Gasteiger partial charge in [-0.15, -0.1) is 0 Å². The third-order valence-corrected chi connectivity index (χ3v) is 6.30. The van der Waals surface area contributed by atoms with Crippen molar-refractivity contribution < 1.29 is 19.0 Å². The fraction of sp³-hybridized carbons (Fsp3) is 0.444. The van der Waals surface area contributed by atoms with Crippen LogP contribution in [0.5, 0.6) is 11.5 Å². The first-order valence-corrected chi connectivity index (χ1v) is 10.7. The van der Waals surface area contributed by atoms with Crippen LogP contribution in [0.3, 0.4) is 0 Å². The molecule has 0 aliphatic carbocycles. The van der Waals surface area contributed by atoms with Crippen molar-refractivity contribution in [3.8, 4) is 11.5 Å². The van der Waals surface area contributed by atoms with Crippen molar-refractivity contribution in [3.63, 3.8) is 0 Å². The van der Waals surface area contributed by atoms with E-state index in [2.05, 4.69) is 22.6 Å². The Hall–Kier alpha value is -0.840. The van der Waals surface area contributed by atoms with Gasteiger partial charge < -0.3 is 14.2 Å². The Kier molecular flexibility index (Phi) is 6.81. The van der Waals surface area contributed by atoms with Crippen LogP contribution in [0.15, 0.2) is 17.0 Å². The number of amides is 1. The van der Waals surface area contributed by atoms with Crippen LogP contribution in [0.25, 0.3) is 6.08 Å². The summed E-state index contributed by atoms with van der Waals surface area (Å²) in [6.45, 7) is 3.76. The summed E-state index contributed by atoms with van der Waals surface area (Å²) in [6, 6.07) is 3.85. The van der Waals surface area contributed by atoms with Gasteiger partial charge >= 0.3 is 0 Å². The van der Waals surface area contributed by atoms with Gasteiger partial charge in [-0.3, -0.25) is 9.69 Å². The minimum Gasteiger partial charge on any atom is -0.492 e. The highest BCUT2D eigenvalue weighted by Gasteiger charge is 2.34. The van der Waals surface area contributed by atoms with Crippen LogP contribution < -0.4 is 9.47 Å². The molecule has 0 spiro atoms. The average molecular weight is 505 g/mol. The third kappa shape index (κ3) is 4.35. The molecule has 2 aliphatic rings. The second-order valence-corrected chi connectivity index (χ2v) is 8.73. The molecule has 0 unspecified atom stereocenters. The number of thioether (sulfide) groups is 1. The standard InChI is InChI=1S/C18H20INO4S2/c1-3-23-14-8-11(7-13(19)16(14)22-2)9-15-17(21)20(18(25)26-15)10-12-5-4-6-24-12/h7-9,12H,3-6,10H2,1-2H3/b15-9-/t12-/m1/s1. The van der Waals surface area contributed by atoms with E-state index in [0.29, 0.717) is 33.9 Å². The van der Waals surface area contributed by atoms with E-state index >= 15 is 0 Å². The van der Waals surface area contributed by atoms with Gasteiger partial charge in [-0.2, -0.15) is 0 Å². The van der Waals surface area contributed by atoms with E-state index in [-0.39, 0.29) is 12.0 Å². The summed E-state index contributed by atoms with van der Waals surface area (Å²) in [7, 11) is 1.62. The van der Waals surface area contributed by atoms with E-state index < -0.39 is 0 Å². The third-order valence-electron chi connectivity index (χ3n) is 4.12. The van der Waals surface area contributed by atoms with Gasteiger partial charge in [0.2, 0.25) is 0 Å². The van der Waals surface area contributed by atoms with Crippen LogP contribution in [0.2, 0.25) is 0 Å². The summed E-state index contributed by atoms with van der Waals surface area (Å²) in [4.78, 5) is 15.0. The van der Waals surface area contributed by atoms with Gasteiger partial charge in [0.15, 0.2) is 11.5 Å². The molecule has 1 atom stereocenters. The Morgan fingerprint density at radius 1 is 1.50 bits per heavy atom. The van der Waals surface area contributed by atoms with Crippen molar-refractivity contribution in [2.75, 3.05) is 26.9 Å². The lowest BCUT2D eigenvalue weighted by molar-refractivity contribution is -0.123. The minimum absolute atomic E-state index is 0.0562. The SMILES string of the molecule is CCOc1cc(/C=C2\SC(=S)N(C[C@H]3CCCO3)C2=O)cc(I)c1OC. The number of rotatable bonds is 6. The summed E-state index contributed by atoms with van der Waals surface area (Å²) >= 11 is 8.94. The second kappa shape index (κ2) is 8.90. The number of carbonyl (C=O) groups is 1. The smallest absolute Gasteiger partial charge is 0.266 e. The predicted molar refractivity (Wildman–Crippen MR) is 116 cm³/mol. The summed E-state index contributed by atoms with van der Waals surface area (Å²) in [6.07, 6.45) is 3.96. The van der Waals surface area contributed by atoms with Crippen molar-refractivity contribution in [2.24, 2.45) is 0 Å². The number of benzene rings is 1. The Balaban J connectivity index is 1.83. The zero-order valence-corrected chi connectivity index (χ0v) is 18.4. The number of carbonyl (C=O) groups excluding carboxylic acids is 1. The number of ether oxygens (including phenoxy) is 3. The van der Waals surface area contributed by atoms with Gasteiger partial charge in [-0.05, 0) is 66.1 Å². The summed E-state index contributed by atoms with van der Waals surface area (Å²) in [5, 5.41) is 0.